The molecule has 0 spiro atoms. The average molecular weight is 189 g/mol. The summed E-state index contributed by atoms with van der Waals surface area (Å²) in [6.45, 7) is 0. The van der Waals surface area contributed by atoms with Crippen molar-refractivity contribution in [3.63, 3.8) is 0 Å². The van der Waals surface area contributed by atoms with Crippen LogP contribution in [0.25, 0.3) is 0 Å². The minimum Gasteiger partial charge on any atom is -0.402 e. The molecule has 0 atom stereocenters. The molecule has 0 aliphatic carbocycles. The van der Waals surface area contributed by atoms with Crippen LogP contribution in [0, 0.1) is 0 Å². The monoisotopic (exact) mass is 188 g/mol. The molecule has 50 valence electrons. The van der Waals surface area contributed by atoms with Gasteiger partial charge in [0, 0.05) is 19.5 Å². The normalized spacial score (nSPS) is 6.00. The van der Waals surface area contributed by atoms with Crippen LogP contribution in [0.4, 0.5) is 0 Å². The second kappa shape index (κ2) is 11.3. The molecular weight excluding hydrogens is 183 g/mol. The Morgan fingerprint density at radius 1 is 0.556 bits per heavy atom. The molecule has 0 aromatic rings. The summed E-state index contributed by atoms with van der Waals surface area (Å²) in [5.41, 5.74) is 0. The maximum absolute atomic E-state index is 7.17. The molecule has 0 saturated heterocycles. The SMILES string of the molecule is OB(O)O.OB(O)O.[Zn]. The molecule has 0 amide bonds. The van der Waals surface area contributed by atoms with E-state index in [2.05, 4.69) is 0 Å². The van der Waals surface area contributed by atoms with E-state index >= 15 is 0 Å². The molecule has 6 N–H and O–H groups in total. The molecule has 6 nitrogen and oxygen atoms in total. The Kier molecular flexibility index (Phi) is 20.5. The third-order valence-electron chi connectivity index (χ3n) is 0. The first kappa shape index (κ1) is 16.3. The quantitative estimate of drug-likeness (QED) is 0.215. The molecule has 0 aliphatic heterocycles. The summed E-state index contributed by atoms with van der Waals surface area (Å²) >= 11 is 0. The molecule has 0 bridgehead atoms. The molecule has 0 fully saturated rings. The van der Waals surface area contributed by atoms with E-state index in [4.69, 9.17) is 30.1 Å². The minimum absolute atomic E-state index is 0. The largest absolute Gasteiger partial charge is 0.631 e. The van der Waals surface area contributed by atoms with E-state index in [1.54, 1.807) is 0 Å². The van der Waals surface area contributed by atoms with Crippen molar-refractivity contribution in [1.29, 1.82) is 0 Å². The van der Waals surface area contributed by atoms with E-state index in [1.807, 2.05) is 0 Å². The van der Waals surface area contributed by atoms with E-state index in [-0.39, 0.29) is 19.5 Å². The molecular formula is H6B2O6Zn. The van der Waals surface area contributed by atoms with Gasteiger partial charge in [0.15, 0.2) is 0 Å². The van der Waals surface area contributed by atoms with Gasteiger partial charge in [0.1, 0.15) is 0 Å². The third kappa shape index (κ3) is 1370. The molecule has 0 aromatic heterocycles. The molecule has 0 saturated carbocycles. The summed E-state index contributed by atoms with van der Waals surface area (Å²) in [6.07, 6.45) is 0. The van der Waals surface area contributed by atoms with Crippen LogP contribution >= 0.6 is 0 Å². The zero-order chi connectivity index (χ0) is 7.15. The van der Waals surface area contributed by atoms with Crippen molar-refractivity contribution < 1.29 is 49.6 Å². The third-order valence-corrected chi connectivity index (χ3v) is 0. The average Bonchev–Trinajstić information content (AvgIpc) is 1.25. The van der Waals surface area contributed by atoms with Crippen LogP contribution in [0.15, 0.2) is 0 Å². The van der Waals surface area contributed by atoms with Crippen molar-refractivity contribution in [3.8, 4) is 0 Å². The van der Waals surface area contributed by atoms with Crippen LogP contribution in [0.3, 0.4) is 0 Å². The summed E-state index contributed by atoms with van der Waals surface area (Å²) in [7, 11) is -4.33. The fourth-order valence-corrected chi connectivity index (χ4v) is 0. The van der Waals surface area contributed by atoms with Gasteiger partial charge >= 0.3 is 14.6 Å². The van der Waals surface area contributed by atoms with Gasteiger partial charge in [0.05, 0.1) is 0 Å². The second-order valence-electron chi connectivity index (χ2n) is 0.693. The zero-order valence-electron chi connectivity index (χ0n) is 4.55. The van der Waals surface area contributed by atoms with Gasteiger partial charge in [-0.3, -0.25) is 0 Å². The topological polar surface area (TPSA) is 121 Å². The van der Waals surface area contributed by atoms with Crippen LogP contribution in [-0.4, -0.2) is 44.8 Å². The molecule has 0 rings (SSSR count). The van der Waals surface area contributed by atoms with E-state index in [0.29, 0.717) is 0 Å². The predicted octanol–water partition coefficient (Wildman–Crippen LogP) is -4.11. The van der Waals surface area contributed by atoms with E-state index in [0.717, 1.165) is 0 Å². The molecule has 0 aromatic carbocycles. The Bertz CT molecular complexity index is 26.5. The Morgan fingerprint density at radius 3 is 0.556 bits per heavy atom. The van der Waals surface area contributed by atoms with Crippen molar-refractivity contribution >= 4 is 14.6 Å². The molecule has 0 radical (unpaired) electrons. The summed E-state index contributed by atoms with van der Waals surface area (Å²) < 4.78 is 0. The van der Waals surface area contributed by atoms with Gasteiger partial charge in [-0.2, -0.15) is 0 Å². The Labute approximate surface area is 64.9 Å². The first-order valence-electron chi connectivity index (χ1n) is 1.55. The molecule has 0 unspecified atom stereocenters. The summed E-state index contributed by atoms with van der Waals surface area (Å²) in [5.74, 6) is 0. The fourth-order valence-electron chi connectivity index (χ4n) is 0. The van der Waals surface area contributed by atoms with Crippen LogP contribution in [-0.2, 0) is 19.5 Å². The first-order valence-corrected chi connectivity index (χ1v) is 1.55. The van der Waals surface area contributed by atoms with E-state index in [1.165, 1.54) is 0 Å². The van der Waals surface area contributed by atoms with Crippen LogP contribution < -0.4 is 0 Å². The van der Waals surface area contributed by atoms with Gasteiger partial charge in [-0.25, -0.2) is 0 Å². The summed E-state index contributed by atoms with van der Waals surface area (Å²) in [4.78, 5) is 0. The van der Waals surface area contributed by atoms with E-state index < -0.39 is 14.6 Å². The Morgan fingerprint density at radius 2 is 0.556 bits per heavy atom. The second-order valence-corrected chi connectivity index (χ2v) is 0.693. The molecule has 0 heterocycles. The zero-order valence-corrected chi connectivity index (χ0v) is 7.51. The summed E-state index contributed by atoms with van der Waals surface area (Å²) in [6, 6.07) is 0. The number of hydrogen-bond donors (Lipinski definition) is 6. The predicted molar refractivity (Wildman–Crippen MR) is 24.8 cm³/mol. The van der Waals surface area contributed by atoms with Gasteiger partial charge in [-0.15, -0.1) is 0 Å². The number of hydrogen-bond acceptors (Lipinski definition) is 6. The molecule has 9 heteroatoms. The van der Waals surface area contributed by atoms with E-state index in [9.17, 15) is 0 Å². The smallest absolute Gasteiger partial charge is 0.402 e. The summed E-state index contributed by atoms with van der Waals surface area (Å²) in [5, 5.41) is 43.0. The van der Waals surface area contributed by atoms with Crippen molar-refractivity contribution in [2.24, 2.45) is 0 Å². The Hall–Kier alpha value is 0.513. The van der Waals surface area contributed by atoms with Crippen LogP contribution in [0.2, 0.25) is 0 Å². The maximum atomic E-state index is 7.17. The van der Waals surface area contributed by atoms with Gasteiger partial charge in [0.2, 0.25) is 0 Å². The van der Waals surface area contributed by atoms with Crippen molar-refractivity contribution in [1.82, 2.24) is 0 Å². The van der Waals surface area contributed by atoms with Crippen molar-refractivity contribution in [2.45, 2.75) is 0 Å². The van der Waals surface area contributed by atoms with Crippen molar-refractivity contribution in [3.05, 3.63) is 0 Å². The van der Waals surface area contributed by atoms with Gasteiger partial charge in [0.25, 0.3) is 0 Å². The minimum atomic E-state index is -2.17. The van der Waals surface area contributed by atoms with Gasteiger partial charge in [-0.1, -0.05) is 0 Å². The number of rotatable bonds is 0. The first-order chi connectivity index (χ1) is 3.46. The fraction of sp³-hybridized carbons (Fsp3) is 0. The molecule has 0 aliphatic rings. The Balaban J connectivity index is -0.0000000720. The van der Waals surface area contributed by atoms with Crippen LogP contribution in [0.1, 0.15) is 0 Å². The maximum Gasteiger partial charge on any atom is 0.631 e. The molecule has 9 heavy (non-hydrogen) atoms. The van der Waals surface area contributed by atoms with Gasteiger partial charge < -0.3 is 30.1 Å². The van der Waals surface area contributed by atoms with Crippen LogP contribution in [0.5, 0.6) is 0 Å². The van der Waals surface area contributed by atoms with Gasteiger partial charge in [-0.05, 0) is 0 Å². The standard InChI is InChI=1S/2BH3O3.Zn/c2*2-1(3)4;/h2*2-4H;. The van der Waals surface area contributed by atoms with Crippen molar-refractivity contribution in [2.75, 3.05) is 0 Å².